The Labute approximate surface area is 178 Å². The van der Waals surface area contributed by atoms with Gasteiger partial charge in [0.15, 0.2) is 0 Å². The minimum absolute atomic E-state index is 0.500. The zero-order valence-corrected chi connectivity index (χ0v) is 19.3. The molecule has 0 aromatic rings. The fourth-order valence-corrected chi connectivity index (χ4v) is 3.42. The van der Waals surface area contributed by atoms with E-state index < -0.39 is 0 Å². The van der Waals surface area contributed by atoms with E-state index in [0.29, 0.717) is 7.18 Å². The first-order chi connectivity index (χ1) is 13.7. The predicted molar refractivity (Wildman–Crippen MR) is 130 cm³/mol. The highest BCUT2D eigenvalue weighted by Crippen LogP contribution is 2.28. The van der Waals surface area contributed by atoms with Crippen LogP contribution in [0.25, 0.3) is 0 Å². The van der Waals surface area contributed by atoms with Gasteiger partial charge in [0.05, 0.1) is 7.18 Å². The molecular weight excluding hydrogens is 363 g/mol. The maximum absolute atomic E-state index is 9.50. The van der Waals surface area contributed by atoms with E-state index in [2.05, 4.69) is 88.5 Å². The number of allylic oxidation sites excluding steroid dienone is 12. The van der Waals surface area contributed by atoms with Crippen LogP contribution in [0, 0.1) is 12.8 Å². The zero-order chi connectivity index (χ0) is 21.6. The van der Waals surface area contributed by atoms with Crippen LogP contribution in [-0.4, -0.2) is 13.4 Å². The van der Waals surface area contributed by atoms with E-state index in [9.17, 15) is 4.39 Å². The first-order valence-corrected chi connectivity index (χ1v) is 11.2. The van der Waals surface area contributed by atoms with Gasteiger partial charge in [0.25, 0.3) is 0 Å². The molecule has 0 unspecified atom stereocenters. The van der Waals surface area contributed by atoms with Crippen LogP contribution < -0.4 is 0 Å². The molecule has 0 aromatic carbocycles. The summed E-state index contributed by atoms with van der Waals surface area (Å²) in [5.74, 6) is 0. The summed E-state index contributed by atoms with van der Waals surface area (Å²) in [5.41, 5.74) is 4.68. The number of hydrogen-bond donors (Lipinski definition) is 0. The Bertz CT molecular complexity index is 580. The van der Waals surface area contributed by atoms with Gasteiger partial charge in [0, 0.05) is 0 Å². The summed E-state index contributed by atoms with van der Waals surface area (Å²) < 4.78 is 9.50. The molecule has 0 amide bonds. The molecule has 0 fully saturated rings. The Hall–Kier alpha value is -1.72. The Morgan fingerprint density at radius 2 is 1.86 bits per heavy atom. The molecule has 2 heteroatoms. The van der Waals surface area contributed by atoms with Crippen molar-refractivity contribution < 1.29 is 4.39 Å². The van der Waals surface area contributed by atoms with E-state index in [1.54, 1.807) is 11.1 Å². The topological polar surface area (TPSA) is 0 Å². The van der Waals surface area contributed by atoms with Crippen molar-refractivity contribution in [1.29, 1.82) is 0 Å². The third-order valence-electron chi connectivity index (χ3n) is 4.36. The van der Waals surface area contributed by atoms with E-state index in [1.807, 2.05) is 11.8 Å². The lowest BCUT2D eigenvalue weighted by atomic mass is 10.1. The van der Waals surface area contributed by atoms with Crippen LogP contribution in [0.15, 0.2) is 70.2 Å². The molecule has 0 nitrogen and oxygen atoms in total. The Balaban J connectivity index is 0. The van der Waals surface area contributed by atoms with Crippen molar-refractivity contribution in [2.45, 2.75) is 65.7 Å². The summed E-state index contributed by atoms with van der Waals surface area (Å²) in [7, 11) is 0.500. The molecule has 2 aliphatic rings. The van der Waals surface area contributed by atoms with Gasteiger partial charge in [-0.2, -0.15) is 0 Å². The summed E-state index contributed by atoms with van der Waals surface area (Å²) in [6.07, 6.45) is 36.3. The van der Waals surface area contributed by atoms with Crippen molar-refractivity contribution in [3.05, 3.63) is 70.2 Å². The summed E-state index contributed by atoms with van der Waals surface area (Å²) in [6.45, 7) is 6.61. The van der Waals surface area contributed by atoms with Crippen molar-refractivity contribution in [2.24, 2.45) is 0 Å². The normalized spacial score (nSPS) is 15.6. The number of halogens is 1. The van der Waals surface area contributed by atoms with E-state index >= 15 is 0 Å². The van der Waals surface area contributed by atoms with Crippen LogP contribution in [0.4, 0.5) is 4.39 Å². The van der Waals surface area contributed by atoms with Crippen LogP contribution in [0.1, 0.15) is 65.7 Å². The Morgan fingerprint density at radius 1 is 1.14 bits per heavy atom. The van der Waals surface area contributed by atoms with E-state index in [1.165, 1.54) is 36.2 Å². The van der Waals surface area contributed by atoms with Gasteiger partial charge in [-0.3, -0.25) is 4.39 Å². The van der Waals surface area contributed by atoms with Crippen molar-refractivity contribution in [1.82, 2.24) is 0 Å². The molecule has 0 atom stereocenters. The second kappa shape index (κ2) is 21.6. The highest BCUT2D eigenvalue weighted by Gasteiger charge is 2.08. The third kappa shape index (κ3) is 15.3. The highest BCUT2D eigenvalue weighted by atomic mass is 32.2. The Morgan fingerprint density at radius 3 is 2.43 bits per heavy atom. The molecule has 0 aromatic heterocycles. The van der Waals surface area contributed by atoms with E-state index in [-0.39, 0.29) is 0 Å². The van der Waals surface area contributed by atoms with Gasteiger partial charge in [-0.25, -0.2) is 0 Å². The maximum atomic E-state index is 9.50. The van der Waals surface area contributed by atoms with Crippen molar-refractivity contribution in [3.63, 3.8) is 0 Å². The largest absolute Gasteiger partial charge is 0.255 e. The smallest absolute Gasteiger partial charge is 0.0785 e. The number of terminal acetylenes is 1. The van der Waals surface area contributed by atoms with Gasteiger partial charge >= 0.3 is 0 Å². The fourth-order valence-electron chi connectivity index (χ4n) is 2.82. The molecule has 0 N–H and O–H groups in total. The summed E-state index contributed by atoms with van der Waals surface area (Å²) >= 11 is 1.88. The molecule has 0 saturated carbocycles. The zero-order valence-electron chi connectivity index (χ0n) is 18.5. The number of hydrogen-bond acceptors (Lipinski definition) is 1. The lowest BCUT2D eigenvalue weighted by Gasteiger charge is -2.00. The molecule has 0 bridgehead atoms. The van der Waals surface area contributed by atoms with Crippen LogP contribution in [0.5, 0.6) is 0 Å². The monoisotopic (exact) mass is 402 g/mol. The fraction of sp³-hybridized carbons (Fsp3) is 0.462. The van der Waals surface area contributed by atoms with Crippen molar-refractivity contribution in [3.8, 4) is 12.8 Å². The third-order valence-corrected chi connectivity index (χ3v) is 5.22. The standard InChI is InChI=1S/C15H24S.C8H10.C2H2.CH3F/c1-4-8-15(16-3)12-6-5-10-14-11-7-9-13(14)2;1-8-6-4-2-3-5-7-8;2*1-2/h5-6,8H,4,7,9-12H2,1-3H3;2-4,6-7H,5H2,1H3;1-2H;1H3/b6-5-,15-8+;;;. The van der Waals surface area contributed by atoms with Crippen LogP contribution in [-0.2, 0) is 0 Å². The van der Waals surface area contributed by atoms with Crippen molar-refractivity contribution in [2.75, 3.05) is 13.4 Å². The van der Waals surface area contributed by atoms with E-state index in [4.69, 9.17) is 0 Å². The minimum atomic E-state index is 0.500. The molecule has 0 saturated heterocycles. The molecule has 28 heavy (non-hydrogen) atoms. The quantitative estimate of drug-likeness (QED) is 0.316. The first-order valence-electron chi connectivity index (χ1n) is 9.94. The summed E-state index contributed by atoms with van der Waals surface area (Å²) in [5, 5.41) is 0. The SMILES string of the molecule is C#C.CC/C=C(\C/C=C\CC1=C(C)CCC1)SC.CC1=CCC=CC=C1.CF. The second-order valence-electron chi connectivity index (χ2n) is 6.37. The average molecular weight is 403 g/mol. The molecule has 0 aliphatic heterocycles. The minimum Gasteiger partial charge on any atom is -0.255 e. The van der Waals surface area contributed by atoms with Gasteiger partial charge in [0.1, 0.15) is 0 Å². The second-order valence-corrected chi connectivity index (χ2v) is 7.30. The number of alkyl halides is 1. The lowest BCUT2D eigenvalue weighted by Crippen LogP contribution is -1.78. The molecule has 2 aliphatic carbocycles. The first kappa shape index (κ1) is 28.5. The average Bonchev–Trinajstić information content (AvgIpc) is 2.99. The summed E-state index contributed by atoms with van der Waals surface area (Å²) in [6, 6.07) is 0. The van der Waals surface area contributed by atoms with Crippen molar-refractivity contribution >= 4 is 11.8 Å². The van der Waals surface area contributed by atoms with Gasteiger partial charge in [-0.15, -0.1) is 24.6 Å². The van der Waals surface area contributed by atoms with Crippen LogP contribution in [0.3, 0.4) is 0 Å². The van der Waals surface area contributed by atoms with Gasteiger partial charge < -0.3 is 0 Å². The molecule has 2 rings (SSSR count). The number of rotatable bonds is 6. The molecular formula is C26H39FS. The predicted octanol–water partition coefficient (Wildman–Crippen LogP) is 8.76. The highest BCUT2D eigenvalue weighted by molar-refractivity contribution is 8.02. The molecule has 0 spiro atoms. The van der Waals surface area contributed by atoms with E-state index in [0.717, 1.165) is 19.3 Å². The lowest BCUT2D eigenvalue weighted by molar-refractivity contribution is 0.636. The van der Waals surface area contributed by atoms with Gasteiger partial charge in [-0.05, 0) is 70.0 Å². The molecule has 156 valence electrons. The van der Waals surface area contributed by atoms with Gasteiger partial charge in [-0.1, -0.05) is 72.3 Å². The van der Waals surface area contributed by atoms with Gasteiger partial charge in [0.2, 0.25) is 0 Å². The van der Waals surface area contributed by atoms with Crippen LogP contribution in [0.2, 0.25) is 0 Å². The number of thioether (sulfide) groups is 1. The summed E-state index contributed by atoms with van der Waals surface area (Å²) in [4.78, 5) is 1.50. The Kier molecular flexibility index (Phi) is 22.0. The molecule has 0 heterocycles. The maximum Gasteiger partial charge on any atom is 0.0785 e. The van der Waals surface area contributed by atoms with Crippen LogP contribution >= 0.6 is 11.8 Å². The molecule has 0 radical (unpaired) electrons.